The van der Waals surface area contributed by atoms with Gasteiger partial charge in [-0.05, 0) is 74.5 Å². The second-order valence-electron chi connectivity index (χ2n) is 10.7. The van der Waals surface area contributed by atoms with Crippen molar-refractivity contribution in [2.45, 2.75) is 45.4 Å². The van der Waals surface area contributed by atoms with E-state index in [0.717, 1.165) is 75.6 Å². The first-order valence-corrected chi connectivity index (χ1v) is 13.7. The molecule has 0 spiro atoms. The van der Waals surface area contributed by atoms with Crippen LogP contribution in [-0.4, -0.2) is 44.4 Å². The van der Waals surface area contributed by atoms with Crippen molar-refractivity contribution in [3.63, 3.8) is 0 Å². The van der Waals surface area contributed by atoms with Gasteiger partial charge >= 0.3 is 0 Å². The molecule has 3 heterocycles. The Balaban J connectivity index is 0.00000308. The summed E-state index contributed by atoms with van der Waals surface area (Å²) in [6.45, 7) is 6.64. The van der Waals surface area contributed by atoms with Crippen molar-refractivity contribution in [2.24, 2.45) is 5.92 Å². The number of nitrogen functional groups attached to an aromatic ring is 1. The minimum absolute atomic E-state index is 0. The van der Waals surface area contributed by atoms with Crippen LogP contribution in [0.3, 0.4) is 0 Å². The number of hydrogen-bond donors (Lipinski definition) is 1. The minimum Gasteiger partial charge on any atom is -0.382 e. The van der Waals surface area contributed by atoms with Crippen LogP contribution in [0.25, 0.3) is 38.9 Å². The van der Waals surface area contributed by atoms with Crippen molar-refractivity contribution >= 4 is 22.2 Å². The number of hydrogen-bond acceptors (Lipinski definition) is 5. The van der Waals surface area contributed by atoms with E-state index in [1.54, 1.807) is 6.20 Å². The number of rotatable bonds is 6. The van der Waals surface area contributed by atoms with E-state index in [1.165, 1.54) is 19.4 Å². The average Bonchev–Trinajstić information content (AvgIpc) is 3.34. The topological polar surface area (TPSA) is 72.3 Å². The van der Waals surface area contributed by atoms with Gasteiger partial charge in [0.05, 0.1) is 5.69 Å². The molecule has 1 aliphatic carbocycles. The molecule has 2 aromatic carbocycles. The van der Waals surface area contributed by atoms with Crippen molar-refractivity contribution in [3.05, 3.63) is 78.4 Å². The second kappa shape index (κ2) is 11.8. The minimum atomic E-state index is 0. The van der Waals surface area contributed by atoms with Crippen LogP contribution in [0.2, 0.25) is 0 Å². The van der Waals surface area contributed by atoms with Crippen LogP contribution in [-0.2, 0) is 32.7 Å². The molecule has 0 unspecified atom stereocenters. The molecule has 0 saturated heterocycles. The molecule has 1 saturated carbocycles. The van der Waals surface area contributed by atoms with Gasteiger partial charge in [-0.3, -0.25) is 4.40 Å². The molecule has 2 N–H and O–H groups in total. The quantitative estimate of drug-likeness (QED) is 0.227. The zero-order valence-corrected chi connectivity index (χ0v) is 25.9. The number of benzene rings is 2. The van der Waals surface area contributed by atoms with Crippen LogP contribution >= 0.6 is 0 Å². The summed E-state index contributed by atoms with van der Waals surface area (Å²) < 4.78 is 2.18. The molecular weight excluding hydrogens is 557 g/mol. The molecule has 0 aliphatic heterocycles. The van der Waals surface area contributed by atoms with E-state index in [0.29, 0.717) is 11.7 Å². The summed E-state index contributed by atoms with van der Waals surface area (Å²) in [4.78, 5) is 17.2. The van der Waals surface area contributed by atoms with Crippen molar-refractivity contribution in [2.75, 3.05) is 25.9 Å². The molecule has 1 aliphatic rings. The van der Waals surface area contributed by atoms with E-state index in [1.807, 2.05) is 30.5 Å². The molecule has 0 bridgehead atoms. The van der Waals surface area contributed by atoms with Gasteiger partial charge in [0.25, 0.3) is 0 Å². The Labute approximate surface area is 255 Å². The van der Waals surface area contributed by atoms with Crippen LogP contribution < -0.4 is 5.73 Å². The van der Waals surface area contributed by atoms with Gasteiger partial charge in [-0.25, -0.2) is 9.97 Å². The number of nitrogens with two attached hydrogens (primary N) is 1. The first-order chi connectivity index (χ1) is 18.5. The molecule has 5 aromatic rings. The van der Waals surface area contributed by atoms with Gasteiger partial charge in [0.15, 0.2) is 0 Å². The number of pyridine rings is 1. The SMILES string of the molecule is CCN(C)CC1CCC(c2nc(-c3ccc4[c-]cc(-c5ccccc5)nc4c3C)c3c(N)nccn23)CC1.[Y]. The Morgan fingerprint density at radius 2 is 1.82 bits per heavy atom. The molecule has 3 aromatic heterocycles. The fourth-order valence-electron chi connectivity index (χ4n) is 6.01. The molecule has 0 atom stereocenters. The molecule has 6 rings (SSSR count). The van der Waals surface area contributed by atoms with Crippen molar-refractivity contribution in [1.29, 1.82) is 0 Å². The summed E-state index contributed by atoms with van der Waals surface area (Å²) in [5.41, 5.74) is 13.3. The summed E-state index contributed by atoms with van der Waals surface area (Å²) in [6.07, 6.45) is 8.57. The Bertz CT molecular complexity index is 1590. The van der Waals surface area contributed by atoms with E-state index in [2.05, 4.69) is 65.5 Å². The van der Waals surface area contributed by atoms with Crippen LogP contribution in [0.1, 0.15) is 49.9 Å². The third-order valence-corrected chi connectivity index (χ3v) is 8.28. The Kier molecular flexibility index (Phi) is 8.46. The zero-order chi connectivity index (χ0) is 26.2. The van der Waals surface area contributed by atoms with Crippen molar-refractivity contribution < 1.29 is 32.7 Å². The molecule has 0 amide bonds. The maximum atomic E-state index is 6.49. The number of fused-ring (bicyclic) bond motifs is 2. The summed E-state index contributed by atoms with van der Waals surface area (Å²) >= 11 is 0. The van der Waals surface area contributed by atoms with E-state index < -0.39 is 0 Å². The van der Waals surface area contributed by atoms with Crippen molar-refractivity contribution in [3.8, 4) is 22.5 Å². The number of imidazole rings is 1. The third-order valence-electron chi connectivity index (χ3n) is 8.28. The number of aryl methyl sites for hydroxylation is 1. The van der Waals surface area contributed by atoms with Gasteiger partial charge < -0.3 is 15.6 Å². The summed E-state index contributed by atoms with van der Waals surface area (Å²) in [7, 11) is 2.22. The van der Waals surface area contributed by atoms with Crippen LogP contribution in [0.4, 0.5) is 5.82 Å². The largest absolute Gasteiger partial charge is 0.382 e. The Hall–Kier alpha value is -2.67. The Morgan fingerprint density at radius 3 is 2.56 bits per heavy atom. The molecule has 39 heavy (non-hydrogen) atoms. The number of nitrogens with zero attached hydrogens (tertiary/aromatic N) is 5. The van der Waals surface area contributed by atoms with Gasteiger partial charge in [0.1, 0.15) is 17.2 Å². The number of aromatic nitrogens is 4. The predicted octanol–water partition coefficient (Wildman–Crippen LogP) is 6.53. The van der Waals surface area contributed by atoms with E-state index in [9.17, 15) is 0 Å². The van der Waals surface area contributed by atoms with Gasteiger partial charge in [0, 0.05) is 57.6 Å². The molecule has 1 fully saturated rings. The summed E-state index contributed by atoms with van der Waals surface area (Å²) in [5.74, 6) is 2.79. The maximum absolute atomic E-state index is 6.49. The number of anilines is 1. The fraction of sp³-hybridized carbons (Fsp3) is 0.344. The molecule has 197 valence electrons. The zero-order valence-electron chi connectivity index (χ0n) is 23.1. The Morgan fingerprint density at radius 1 is 1.05 bits per heavy atom. The van der Waals surface area contributed by atoms with Gasteiger partial charge in [-0.2, -0.15) is 0 Å². The average molecular weight is 593 g/mol. The molecule has 6 nitrogen and oxygen atoms in total. The second-order valence-corrected chi connectivity index (χ2v) is 10.7. The van der Waals surface area contributed by atoms with Crippen LogP contribution in [0.5, 0.6) is 0 Å². The van der Waals surface area contributed by atoms with E-state index in [-0.39, 0.29) is 32.7 Å². The van der Waals surface area contributed by atoms with E-state index >= 15 is 0 Å². The maximum Gasteiger partial charge on any atom is 0.150 e. The summed E-state index contributed by atoms with van der Waals surface area (Å²) in [6, 6.07) is 19.9. The van der Waals surface area contributed by atoms with Crippen LogP contribution in [0.15, 0.2) is 60.9 Å². The summed E-state index contributed by atoms with van der Waals surface area (Å²) in [5, 5.41) is 0.996. The normalized spacial score (nSPS) is 17.5. The molecule has 1 radical (unpaired) electrons. The first kappa shape index (κ1) is 27.9. The standard InChI is InChI=1S/C32H35N6.Y/c1-4-37(3)20-22-10-12-25(13-11-22)32-36-29(30-31(33)34-18-19-38(30)32)26-16-14-24-15-17-27(35-28(24)21(26)2)23-8-6-5-7-9-23;/h5-9,14,16-19,22,25H,4,10-13,20H2,1-3H3,(H2,33,34);/q-1;. The van der Waals surface area contributed by atoms with E-state index in [4.69, 9.17) is 15.7 Å². The van der Waals surface area contributed by atoms with Gasteiger partial charge in [0.2, 0.25) is 0 Å². The third kappa shape index (κ3) is 5.39. The van der Waals surface area contributed by atoms with Crippen LogP contribution in [0, 0.1) is 18.9 Å². The van der Waals surface area contributed by atoms with Gasteiger partial charge in [-0.1, -0.05) is 48.9 Å². The van der Waals surface area contributed by atoms with Gasteiger partial charge in [-0.15, -0.1) is 23.6 Å². The fourth-order valence-corrected chi connectivity index (χ4v) is 6.01. The predicted molar refractivity (Wildman–Crippen MR) is 155 cm³/mol. The molecular formula is C32H35N6Y-. The monoisotopic (exact) mass is 592 g/mol. The smallest absolute Gasteiger partial charge is 0.150 e. The van der Waals surface area contributed by atoms with Crippen molar-refractivity contribution in [1.82, 2.24) is 24.3 Å². The first-order valence-electron chi connectivity index (χ1n) is 13.7. The molecule has 7 heteroatoms.